The molecule has 0 aromatic heterocycles. The highest BCUT2D eigenvalue weighted by Crippen LogP contribution is 2.57. The highest BCUT2D eigenvalue weighted by atomic mass is 15.3. The van der Waals surface area contributed by atoms with Gasteiger partial charge in [0.25, 0.3) is 0 Å². The Balaban J connectivity index is 0.955. The fourth-order valence-corrected chi connectivity index (χ4v) is 11.7. The summed E-state index contributed by atoms with van der Waals surface area (Å²) >= 11 is 0. The van der Waals surface area contributed by atoms with E-state index in [0.717, 1.165) is 25.1 Å². The van der Waals surface area contributed by atoms with Crippen molar-refractivity contribution in [3.05, 3.63) is 153 Å². The molecular formula is C48H52N4. The minimum absolute atomic E-state index is 0.0702. The predicted octanol–water partition coefficient (Wildman–Crippen LogP) is 10.2. The molecule has 0 aromatic rings. The number of hydrogen-bond acceptors (Lipinski definition) is 4. The highest BCUT2D eigenvalue weighted by Gasteiger charge is 2.48. The first-order valence-electron chi connectivity index (χ1n) is 20.7. The SMILES string of the molecule is C1=CC2=CC=C(C3NC(C4=CC(N5C6=CC=C7CCCC7C6C6=C5CCC5=C6C=CCC5)CC=C4)=NC(C4CCC5=C(C=CCC5)C4)N3)CC2C=C1. The van der Waals surface area contributed by atoms with Gasteiger partial charge in [0.2, 0.25) is 0 Å². The van der Waals surface area contributed by atoms with Crippen LogP contribution in [-0.2, 0) is 0 Å². The molecule has 1 fully saturated rings. The van der Waals surface area contributed by atoms with Crippen molar-refractivity contribution in [1.29, 1.82) is 0 Å². The molecule has 7 unspecified atom stereocenters. The van der Waals surface area contributed by atoms with E-state index in [1.54, 1.807) is 44.8 Å². The Morgan fingerprint density at radius 1 is 0.769 bits per heavy atom. The molecule has 2 heterocycles. The number of hydrogen-bond donors (Lipinski definition) is 2. The van der Waals surface area contributed by atoms with Crippen LogP contribution >= 0.6 is 0 Å². The van der Waals surface area contributed by atoms with Gasteiger partial charge in [0.05, 0.1) is 6.04 Å². The number of amidine groups is 1. The van der Waals surface area contributed by atoms with Crippen LogP contribution in [0.2, 0.25) is 0 Å². The summed E-state index contributed by atoms with van der Waals surface area (Å²) in [5.41, 5.74) is 17.3. The molecule has 9 aliphatic carbocycles. The van der Waals surface area contributed by atoms with E-state index in [9.17, 15) is 0 Å². The fraction of sp³-hybridized carbons (Fsp3) is 0.438. The Morgan fingerprint density at radius 2 is 1.69 bits per heavy atom. The molecular weight excluding hydrogens is 633 g/mol. The topological polar surface area (TPSA) is 39.7 Å². The summed E-state index contributed by atoms with van der Waals surface area (Å²) in [4.78, 5) is 8.42. The standard InChI is InChI=1S/C48H52N4/c1-3-12-34-27-37(21-19-30(34)9-1)47-49-46(50-48(51-47)38-22-20-31-10-2-4-13-35(31)28-38)36-15-7-16-39(29-36)52-42-25-23-32-11-5-6-17-40(32)44(42)45-41-18-8-14-33(41)24-26-43(45)52/h1,3-4,6-7,9,12-13,15,17,19,21,24,26,29,34,38-39,41,45,47-48,51H,2,5,8,10-11,14,16,18,20,22-23,25,27-28H2,(H,49,50). The lowest BCUT2D eigenvalue weighted by Gasteiger charge is -2.40. The van der Waals surface area contributed by atoms with Gasteiger partial charge in [0, 0.05) is 28.8 Å². The molecule has 0 aromatic carbocycles. The molecule has 2 N–H and O–H groups in total. The van der Waals surface area contributed by atoms with Crippen LogP contribution in [0.5, 0.6) is 0 Å². The number of nitrogens with zero attached hydrogens (tertiary/aromatic N) is 2. The van der Waals surface area contributed by atoms with Crippen LogP contribution < -0.4 is 10.6 Å². The number of allylic oxidation sites excluding steroid dienone is 20. The fourth-order valence-electron chi connectivity index (χ4n) is 11.7. The van der Waals surface area contributed by atoms with Gasteiger partial charge >= 0.3 is 0 Å². The smallest absolute Gasteiger partial charge is 0.131 e. The van der Waals surface area contributed by atoms with E-state index in [1.807, 2.05) is 0 Å². The first-order valence-corrected chi connectivity index (χ1v) is 20.7. The van der Waals surface area contributed by atoms with Crippen molar-refractivity contribution in [2.75, 3.05) is 0 Å². The van der Waals surface area contributed by atoms with E-state index in [2.05, 4.69) is 107 Å². The maximum Gasteiger partial charge on any atom is 0.131 e. The number of fused-ring (bicyclic) bond motifs is 6. The second kappa shape index (κ2) is 12.8. The molecule has 7 atom stereocenters. The van der Waals surface area contributed by atoms with Crippen LogP contribution in [0, 0.1) is 23.7 Å². The second-order valence-corrected chi connectivity index (χ2v) is 17.0. The van der Waals surface area contributed by atoms with Gasteiger partial charge in [-0.25, -0.2) is 4.99 Å². The normalized spacial score (nSPS) is 35.7. The molecule has 1 saturated carbocycles. The minimum Gasteiger partial charge on any atom is -0.351 e. The van der Waals surface area contributed by atoms with Crippen LogP contribution in [0.4, 0.5) is 0 Å². The molecule has 0 bridgehead atoms. The summed E-state index contributed by atoms with van der Waals surface area (Å²) in [7, 11) is 0. The molecule has 11 aliphatic rings. The average Bonchev–Trinajstić information content (AvgIpc) is 3.83. The minimum atomic E-state index is 0.0702. The van der Waals surface area contributed by atoms with E-state index in [1.165, 1.54) is 87.3 Å². The van der Waals surface area contributed by atoms with Crippen LogP contribution in [0.3, 0.4) is 0 Å². The molecule has 2 aliphatic heterocycles. The van der Waals surface area contributed by atoms with Gasteiger partial charge < -0.3 is 10.2 Å². The van der Waals surface area contributed by atoms with E-state index < -0.39 is 0 Å². The zero-order valence-corrected chi connectivity index (χ0v) is 30.5. The van der Waals surface area contributed by atoms with Crippen LogP contribution in [-0.4, -0.2) is 29.1 Å². The molecule has 4 heteroatoms. The molecule has 52 heavy (non-hydrogen) atoms. The quantitative estimate of drug-likeness (QED) is 0.310. The highest BCUT2D eigenvalue weighted by molar-refractivity contribution is 6.02. The summed E-state index contributed by atoms with van der Waals surface area (Å²) in [6.45, 7) is 0. The lowest BCUT2D eigenvalue weighted by Crippen LogP contribution is -2.57. The van der Waals surface area contributed by atoms with Crippen molar-refractivity contribution in [3.63, 3.8) is 0 Å². The Hall–Kier alpha value is -4.15. The predicted molar refractivity (Wildman–Crippen MR) is 213 cm³/mol. The number of rotatable bonds is 4. The molecule has 4 nitrogen and oxygen atoms in total. The van der Waals surface area contributed by atoms with Crippen molar-refractivity contribution >= 4 is 5.84 Å². The maximum atomic E-state index is 5.60. The summed E-state index contributed by atoms with van der Waals surface area (Å²) in [5.74, 6) is 3.23. The Kier molecular flexibility index (Phi) is 7.70. The lowest BCUT2D eigenvalue weighted by atomic mass is 9.72. The third kappa shape index (κ3) is 5.23. The average molecular weight is 685 g/mol. The zero-order chi connectivity index (χ0) is 34.2. The monoisotopic (exact) mass is 684 g/mol. The van der Waals surface area contributed by atoms with Gasteiger partial charge in [0.15, 0.2) is 0 Å². The molecule has 0 amide bonds. The number of aliphatic imine (C=N–C) groups is 1. The van der Waals surface area contributed by atoms with Crippen molar-refractivity contribution in [2.24, 2.45) is 28.7 Å². The third-order valence-electron chi connectivity index (χ3n) is 14.2. The Morgan fingerprint density at radius 3 is 2.67 bits per heavy atom. The van der Waals surface area contributed by atoms with Gasteiger partial charge in [-0.2, -0.15) is 0 Å². The van der Waals surface area contributed by atoms with E-state index in [-0.39, 0.29) is 12.3 Å². The largest absolute Gasteiger partial charge is 0.351 e. The van der Waals surface area contributed by atoms with Gasteiger partial charge in [-0.1, -0.05) is 102 Å². The maximum absolute atomic E-state index is 5.60. The Bertz CT molecular complexity index is 2040. The van der Waals surface area contributed by atoms with Crippen LogP contribution in [0.1, 0.15) is 89.9 Å². The van der Waals surface area contributed by atoms with E-state index in [0.29, 0.717) is 29.7 Å². The molecule has 11 rings (SSSR count). The van der Waals surface area contributed by atoms with Crippen molar-refractivity contribution in [2.45, 2.75) is 108 Å². The lowest BCUT2D eigenvalue weighted by molar-refractivity contribution is 0.288. The summed E-state index contributed by atoms with van der Waals surface area (Å²) in [6, 6.07) is 0.303. The molecule has 0 spiro atoms. The summed E-state index contributed by atoms with van der Waals surface area (Å²) in [6.07, 6.45) is 53.0. The van der Waals surface area contributed by atoms with Gasteiger partial charge in [-0.05, 0) is 136 Å². The second-order valence-electron chi connectivity index (χ2n) is 17.0. The van der Waals surface area contributed by atoms with E-state index in [4.69, 9.17) is 4.99 Å². The molecule has 0 radical (unpaired) electrons. The Labute approximate surface area is 310 Å². The van der Waals surface area contributed by atoms with Gasteiger partial charge in [0.1, 0.15) is 18.2 Å². The summed E-state index contributed by atoms with van der Waals surface area (Å²) < 4.78 is 0. The number of nitrogens with one attached hydrogen (secondary N) is 2. The van der Waals surface area contributed by atoms with Crippen molar-refractivity contribution in [1.82, 2.24) is 15.5 Å². The third-order valence-corrected chi connectivity index (χ3v) is 14.2. The van der Waals surface area contributed by atoms with Crippen molar-refractivity contribution < 1.29 is 0 Å². The van der Waals surface area contributed by atoms with E-state index >= 15 is 0 Å². The molecule has 264 valence electrons. The van der Waals surface area contributed by atoms with Crippen LogP contribution in [0.25, 0.3) is 0 Å². The summed E-state index contributed by atoms with van der Waals surface area (Å²) in [5, 5.41) is 8.05. The van der Waals surface area contributed by atoms with Crippen molar-refractivity contribution in [3.8, 4) is 0 Å². The molecule has 0 saturated heterocycles. The van der Waals surface area contributed by atoms with Crippen LogP contribution in [0.15, 0.2) is 158 Å². The van der Waals surface area contributed by atoms with Gasteiger partial charge in [-0.15, -0.1) is 0 Å². The van der Waals surface area contributed by atoms with Gasteiger partial charge in [-0.3, -0.25) is 5.32 Å². The zero-order valence-electron chi connectivity index (χ0n) is 30.5. The first kappa shape index (κ1) is 31.4. The first-order chi connectivity index (χ1) is 25.7.